The van der Waals surface area contributed by atoms with E-state index in [1.165, 1.54) is 0 Å². The number of aliphatic imine (C=N–C) groups is 1. The van der Waals surface area contributed by atoms with Gasteiger partial charge in [0.05, 0.1) is 6.26 Å². The number of rotatable bonds is 12. The molecule has 0 atom stereocenters. The Morgan fingerprint density at radius 2 is 1.96 bits per heavy atom. The van der Waals surface area contributed by atoms with Crippen LogP contribution >= 0.6 is 0 Å². The predicted octanol–water partition coefficient (Wildman–Crippen LogP) is 2.45. The first-order chi connectivity index (χ1) is 13.8. The van der Waals surface area contributed by atoms with E-state index in [0.29, 0.717) is 45.2 Å². The van der Waals surface area contributed by atoms with E-state index in [1.807, 2.05) is 49.4 Å². The number of carbonyl (C=O) groups excluding carboxylic acids is 1. The van der Waals surface area contributed by atoms with Gasteiger partial charge in [0, 0.05) is 39.2 Å². The van der Waals surface area contributed by atoms with E-state index < -0.39 is 0 Å². The summed E-state index contributed by atoms with van der Waals surface area (Å²) in [4.78, 5) is 16.4. The Morgan fingerprint density at radius 1 is 1.11 bits per heavy atom. The van der Waals surface area contributed by atoms with E-state index in [2.05, 4.69) is 20.9 Å². The molecule has 7 heteroatoms. The molecule has 1 aromatic heterocycles. The summed E-state index contributed by atoms with van der Waals surface area (Å²) in [5.41, 5.74) is 1.09. The molecule has 0 aliphatic carbocycles. The summed E-state index contributed by atoms with van der Waals surface area (Å²) in [5.74, 6) is 1.55. The third kappa shape index (κ3) is 9.23. The minimum Gasteiger partial charge on any atom is -0.467 e. The number of hydrogen-bond acceptors (Lipinski definition) is 4. The summed E-state index contributed by atoms with van der Waals surface area (Å²) in [7, 11) is 0. The normalized spacial score (nSPS) is 11.2. The molecule has 0 aliphatic heterocycles. The highest BCUT2D eigenvalue weighted by molar-refractivity contribution is 5.81. The zero-order chi connectivity index (χ0) is 19.9. The number of nitrogens with one attached hydrogen (secondary N) is 3. The van der Waals surface area contributed by atoms with Gasteiger partial charge in [-0.3, -0.25) is 9.79 Å². The fourth-order valence-corrected chi connectivity index (χ4v) is 2.45. The van der Waals surface area contributed by atoms with Crippen LogP contribution in [0.25, 0.3) is 0 Å². The molecule has 0 radical (unpaired) electrons. The SMILES string of the molecule is CCNC(=NCCCOCc1ccco1)NCCC(=O)NCc1ccccc1. The Bertz CT molecular complexity index is 687. The minimum atomic E-state index is 0.0125. The van der Waals surface area contributed by atoms with Gasteiger partial charge in [-0.05, 0) is 31.0 Å². The van der Waals surface area contributed by atoms with Gasteiger partial charge in [0.1, 0.15) is 12.4 Å². The number of amides is 1. The molecule has 2 rings (SSSR count). The molecule has 3 N–H and O–H groups in total. The van der Waals surface area contributed by atoms with Crippen molar-refractivity contribution < 1.29 is 13.9 Å². The summed E-state index contributed by atoms with van der Waals surface area (Å²) in [5, 5.41) is 9.28. The van der Waals surface area contributed by atoms with Crippen molar-refractivity contribution in [2.45, 2.75) is 32.9 Å². The number of guanidine groups is 1. The van der Waals surface area contributed by atoms with E-state index in [9.17, 15) is 4.79 Å². The molecule has 0 saturated carbocycles. The van der Waals surface area contributed by atoms with Gasteiger partial charge in [-0.15, -0.1) is 0 Å². The van der Waals surface area contributed by atoms with Gasteiger partial charge in [0.2, 0.25) is 5.91 Å². The van der Waals surface area contributed by atoms with Gasteiger partial charge in [0.15, 0.2) is 5.96 Å². The molecule has 0 saturated heterocycles. The average Bonchev–Trinajstić information content (AvgIpc) is 3.23. The van der Waals surface area contributed by atoms with Crippen LogP contribution in [0.1, 0.15) is 31.1 Å². The number of ether oxygens (including phenoxy) is 1. The molecule has 2 aromatic rings. The number of benzene rings is 1. The van der Waals surface area contributed by atoms with Crippen LogP contribution in [0.3, 0.4) is 0 Å². The molecule has 1 heterocycles. The Hall–Kier alpha value is -2.80. The predicted molar refractivity (Wildman–Crippen MR) is 110 cm³/mol. The number of nitrogens with zero attached hydrogens (tertiary/aromatic N) is 1. The van der Waals surface area contributed by atoms with Crippen molar-refractivity contribution in [3.8, 4) is 0 Å². The molecule has 1 amide bonds. The van der Waals surface area contributed by atoms with Crippen LogP contribution in [-0.4, -0.2) is 38.1 Å². The van der Waals surface area contributed by atoms with E-state index in [-0.39, 0.29) is 5.91 Å². The lowest BCUT2D eigenvalue weighted by Crippen LogP contribution is -2.39. The summed E-state index contributed by atoms with van der Waals surface area (Å²) < 4.78 is 10.8. The first-order valence-electron chi connectivity index (χ1n) is 9.71. The molecule has 0 unspecified atom stereocenters. The Kier molecular flexibility index (Phi) is 10.3. The lowest BCUT2D eigenvalue weighted by molar-refractivity contribution is -0.121. The minimum absolute atomic E-state index is 0.0125. The van der Waals surface area contributed by atoms with Gasteiger partial charge in [-0.1, -0.05) is 30.3 Å². The van der Waals surface area contributed by atoms with Gasteiger partial charge < -0.3 is 25.1 Å². The summed E-state index contributed by atoms with van der Waals surface area (Å²) in [6.07, 6.45) is 2.84. The average molecular weight is 386 g/mol. The highest BCUT2D eigenvalue weighted by atomic mass is 16.5. The van der Waals surface area contributed by atoms with Crippen LogP contribution in [0, 0.1) is 0 Å². The number of hydrogen-bond donors (Lipinski definition) is 3. The van der Waals surface area contributed by atoms with Crippen LogP contribution in [0.5, 0.6) is 0 Å². The van der Waals surface area contributed by atoms with Crippen LogP contribution < -0.4 is 16.0 Å². The Balaban J connectivity index is 1.57. The van der Waals surface area contributed by atoms with Crippen molar-refractivity contribution in [1.82, 2.24) is 16.0 Å². The highest BCUT2D eigenvalue weighted by Gasteiger charge is 2.03. The van der Waals surface area contributed by atoms with Crippen molar-refractivity contribution >= 4 is 11.9 Å². The standard InChI is InChI=1S/C21H30N4O3/c1-2-22-21(23-12-7-14-27-17-19-10-6-15-28-19)24-13-11-20(26)25-16-18-8-4-3-5-9-18/h3-6,8-10,15H,2,7,11-14,16-17H2,1H3,(H,25,26)(H2,22,23,24). The fourth-order valence-electron chi connectivity index (χ4n) is 2.45. The molecule has 28 heavy (non-hydrogen) atoms. The molecular formula is C21H30N4O3. The summed E-state index contributed by atoms with van der Waals surface area (Å²) in [6.45, 7) is 5.59. The van der Waals surface area contributed by atoms with Gasteiger partial charge >= 0.3 is 0 Å². The van der Waals surface area contributed by atoms with Crippen molar-refractivity contribution in [2.24, 2.45) is 4.99 Å². The van der Waals surface area contributed by atoms with Gasteiger partial charge in [0.25, 0.3) is 0 Å². The van der Waals surface area contributed by atoms with Gasteiger partial charge in [-0.25, -0.2) is 0 Å². The summed E-state index contributed by atoms with van der Waals surface area (Å²) >= 11 is 0. The zero-order valence-corrected chi connectivity index (χ0v) is 16.4. The maximum absolute atomic E-state index is 11.9. The molecule has 0 aliphatic rings. The van der Waals surface area contributed by atoms with E-state index in [4.69, 9.17) is 9.15 Å². The molecule has 152 valence electrons. The van der Waals surface area contributed by atoms with Crippen LogP contribution in [0.4, 0.5) is 0 Å². The van der Waals surface area contributed by atoms with Crippen LogP contribution in [0.15, 0.2) is 58.1 Å². The molecule has 0 fully saturated rings. The molecule has 0 bridgehead atoms. The van der Waals surface area contributed by atoms with E-state index in [0.717, 1.165) is 24.3 Å². The quantitative estimate of drug-likeness (QED) is 0.296. The zero-order valence-electron chi connectivity index (χ0n) is 16.4. The molecule has 0 spiro atoms. The molecule has 7 nitrogen and oxygen atoms in total. The second kappa shape index (κ2) is 13.4. The first-order valence-corrected chi connectivity index (χ1v) is 9.71. The van der Waals surface area contributed by atoms with Crippen molar-refractivity contribution in [3.05, 3.63) is 60.1 Å². The van der Waals surface area contributed by atoms with Crippen molar-refractivity contribution in [3.63, 3.8) is 0 Å². The topological polar surface area (TPSA) is 87.9 Å². The lowest BCUT2D eigenvalue weighted by Gasteiger charge is -2.11. The second-order valence-electron chi connectivity index (χ2n) is 6.19. The maximum atomic E-state index is 11.9. The lowest BCUT2D eigenvalue weighted by atomic mass is 10.2. The van der Waals surface area contributed by atoms with Crippen LogP contribution in [-0.2, 0) is 22.7 Å². The van der Waals surface area contributed by atoms with Gasteiger partial charge in [-0.2, -0.15) is 0 Å². The second-order valence-corrected chi connectivity index (χ2v) is 6.19. The van der Waals surface area contributed by atoms with Crippen molar-refractivity contribution in [2.75, 3.05) is 26.2 Å². The molecular weight excluding hydrogens is 356 g/mol. The summed E-state index contributed by atoms with van der Waals surface area (Å²) in [6, 6.07) is 13.6. The third-order valence-electron chi connectivity index (χ3n) is 3.86. The maximum Gasteiger partial charge on any atom is 0.222 e. The Labute approximate surface area is 166 Å². The smallest absolute Gasteiger partial charge is 0.222 e. The van der Waals surface area contributed by atoms with Crippen molar-refractivity contribution in [1.29, 1.82) is 0 Å². The van der Waals surface area contributed by atoms with E-state index in [1.54, 1.807) is 6.26 Å². The largest absolute Gasteiger partial charge is 0.467 e. The highest BCUT2D eigenvalue weighted by Crippen LogP contribution is 2.02. The third-order valence-corrected chi connectivity index (χ3v) is 3.86. The Morgan fingerprint density at radius 3 is 2.71 bits per heavy atom. The number of carbonyl (C=O) groups is 1. The number of furan rings is 1. The fraction of sp³-hybridized carbons (Fsp3) is 0.429. The first kappa shape index (κ1) is 21.5. The molecule has 1 aromatic carbocycles. The van der Waals surface area contributed by atoms with Crippen LogP contribution in [0.2, 0.25) is 0 Å². The van der Waals surface area contributed by atoms with E-state index >= 15 is 0 Å². The monoisotopic (exact) mass is 386 g/mol.